The molecule has 30 heavy (non-hydrogen) atoms. The SMILES string of the molecule is COc1ccc(C(NC(=O)CNc2ccc(C)cc2F)c2ccc(OC)cc2)cc1. The Morgan fingerprint density at radius 1 is 0.900 bits per heavy atom. The van der Waals surface area contributed by atoms with Crippen LogP contribution in [0, 0.1) is 12.7 Å². The predicted octanol–water partition coefficient (Wildman–Crippen LogP) is 4.47. The van der Waals surface area contributed by atoms with Crippen LogP contribution in [0.1, 0.15) is 22.7 Å². The van der Waals surface area contributed by atoms with Crippen molar-refractivity contribution in [1.29, 1.82) is 0 Å². The van der Waals surface area contributed by atoms with Crippen molar-refractivity contribution in [2.45, 2.75) is 13.0 Å². The predicted molar refractivity (Wildman–Crippen MR) is 116 cm³/mol. The van der Waals surface area contributed by atoms with E-state index in [0.717, 1.165) is 28.2 Å². The molecule has 0 radical (unpaired) electrons. The second-order valence-corrected chi connectivity index (χ2v) is 6.88. The van der Waals surface area contributed by atoms with E-state index in [1.807, 2.05) is 55.5 Å². The van der Waals surface area contributed by atoms with Gasteiger partial charge in [-0.2, -0.15) is 0 Å². The molecule has 0 aliphatic carbocycles. The number of anilines is 1. The molecule has 0 bridgehead atoms. The molecule has 0 atom stereocenters. The molecule has 0 fully saturated rings. The van der Waals surface area contributed by atoms with Gasteiger partial charge in [0.05, 0.1) is 32.5 Å². The van der Waals surface area contributed by atoms with Crippen LogP contribution in [0.25, 0.3) is 0 Å². The highest BCUT2D eigenvalue weighted by Gasteiger charge is 2.17. The van der Waals surface area contributed by atoms with Gasteiger partial charge in [0.25, 0.3) is 0 Å². The van der Waals surface area contributed by atoms with Gasteiger partial charge >= 0.3 is 0 Å². The number of aryl methyl sites for hydroxylation is 1. The number of ether oxygens (including phenoxy) is 2. The van der Waals surface area contributed by atoms with Crippen LogP contribution in [0.5, 0.6) is 11.5 Å². The molecule has 2 N–H and O–H groups in total. The van der Waals surface area contributed by atoms with Crippen molar-refractivity contribution >= 4 is 11.6 Å². The summed E-state index contributed by atoms with van der Waals surface area (Å²) in [5, 5.41) is 5.88. The first-order valence-corrected chi connectivity index (χ1v) is 9.57. The molecular weight excluding hydrogens is 383 g/mol. The van der Waals surface area contributed by atoms with E-state index in [4.69, 9.17) is 9.47 Å². The van der Waals surface area contributed by atoms with Crippen LogP contribution in [0.15, 0.2) is 66.7 Å². The number of rotatable bonds is 8. The smallest absolute Gasteiger partial charge is 0.240 e. The van der Waals surface area contributed by atoms with E-state index in [0.29, 0.717) is 5.69 Å². The maximum atomic E-state index is 14.0. The normalized spacial score (nSPS) is 10.6. The van der Waals surface area contributed by atoms with E-state index < -0.39 is 0 Å². The number of nitrogens with one attached hydrogen (secondary N) is 2. The lowest BCUT2D eigenvalue weighted by atomic mass is 9.98. The van der Waals surface area contributed by atoms with Gasteiger partial charge in [-0.25, -0.2) is 4.39 Å². The molecule has 1 amide bonds. The van der Waals surface area contributed by atoms with Crippen LogP contribution < -0.4 is 20.1 Å². The van der Waals surface area contributed by atoms with Crippen molar-refractivity contribution in [1.82, 2.24) is 5.32 Å². The van der Waals surface area contributed by atoms with Gasteiger partial charge in [-0.05, 0) is 60.0 Å². The molecule has 0 unspecified atom stereocenters. The number of methoxy groups -OCH3 is 2. The summed E-state index contributed by atoms with van der Waals surface area (Å²) in [5.74, 6) is 0.821. The molecule has 6 heteroatoms. The van der Waals surface area contributed by atoms with E-state index in [-0.39, 0.29) is 24.3 Å². The minimum atomic E-state index is -0.385. The third kappa shape index (κ3) is 5.29. The van der Waals surface area contributed by atoms with Gasteiger partial charge in [-0.1, -0.05) is 30.3 Å². The fourth-order valence-electron chi connectivity index (χ4n) is 3.10. The van der Waals surface area contributed by atoms with Gasteiger partial charge < -0.3 is 20.1 Å². The molecule has 0 heterocycles. The topological polar surface area (TPSA) is 59.6 Å². The Morgan fingerprint density at radius 3 is 1.90 bits per heavy atom. The zero-order chi connectivity index (χ0) is 21.5. The first-order chi connectivity index (χ1) is 14.5. The Hall–Kier alpha value is -3.54. The zero-order valence-corrected chi connectivity index (χ0v) is 17.2. The van der Waals surface area contributed by atoms with Gasteiger partial charge in [-0.3, -0.25) is 4.79 Å². The molecule has 5 nitrogen and oxygen atoms in total. The summed E-state index contributed by atoms with van der Waals surface area (Å²) in [6.07, 6.45) is 0. The number of hydrogen-bond donors (Lipinski definition) is 2. The molecule has 0 saturated carbocycles. The highest BCUT2D eigenvalue weighted by Crippen LogP contribution is 2.26. The monoisotopic (exact) mass is 408 g/mol. The third-order valence-corrected chi connectivity index (χ3v) is 4.77. The molecule has 3 aromatic carbocycles. The Bertz CT molecular complexity index is 941. The van der Waals surface area contributed by atoms with E-state index in [9.17, 15) is 9.18 Å². The van der Waals surface area contributed by atoms with Gasteiger partial charge in [0.2, 0.25) is 5.91 Å². The van der Waals surface area contributed by atoms with Crippen molar-refractivity contribution in [2.75, 3.05) is 26.1 Å². The zero-order valence-electron chi connectivity index (χ0n) is 17.2. The summed E-state index contributed by atoms with van der Waals surface area (Å²) in [5.41, 5.74) is 2.91. The number of carbonyl (C=O) groups is 1. The highest BCUT2D eigenvalue weighted by molar-refractivity contribution is 5.81. The van der Waals surface area contributed by atoms with Gasteiger partial charge in [0.1, 0.15) is 17.3 Å². The average Bonchev–Trinajstić information content (AvgIpc) is 2.77. The van der Waals surface area contributed by atoms with Crippen molar-refractivity contribution in [2.24, 2.45) is 0 Å². The summed E-state index contributed by atoms with van der Waals surface area (Å²) in [4.78, 5) is 12.7. The minimum Gasteiger partial charge on any atom is -0.497 e. The largest absolute Gasteiger partial charge is 0.497 e. The number of hydrogen-bond acceptors (Lipinski definition) is 4. The summed E-state index contributed by atoms with van der Waals surface area (Å²) in [6.45, 7) is 1.76. The molecule has 0 spiro atoms. The maximum absolute atomic E-state index is 14.0. The van der Waals surface area contributed by atoms with Crippen LogP contribution in [0.4, 0.5) is 10.1 Å². The Kier molecular flexibility index (Phi) is 6.91. The molecule has 3 aromatic rings. The fourth-order valence-corrected chi connectivity index (χ4v) is 3.10. The Morgan fingerprint density at radius 2 is 1.43 bits per heavy atom. The second kappa shape index (κ2) is 9.78. The van der Waals surface area contributed by atoms with Crippen molar-refractivity contribution in [3.63, 3.8) is 0 Å². The van der Waals surface area contributed by atoms with Gasteiger partial charge in [0, 0.05) is 0 Å². The molecule has 156 valence electrons. The van der Waals surface area contributed by atoms with Crippen LogP contribution >= 0.6 is 0 Å². The molecule has 3 rings (SSSR count). The third-order valence-electron chi connectivity index (χ3n) is 4.77. The first-order valence-electron chi connectivity index (χ1n) is 9.57. The van der Waals surface area contributed by atoms with Crippen molar-refractivity contribution in [3.8, 4) is 11.5 Å². The summed E-state index contributed by atoms with van der Waals surface area (Å²) in [7, 11) is 3.21. The lowest BCUT2D eigenvalue weighted by molar-refractivity contribution is -0.119. The lowest BCUT2D eigenvalue weighted by Crippen LogP contribution is -2.34. The second-order valence-electron chi connectivity index (χ2n) is 6.88. The number of benzene rings is 3. The quantitative estimate of drug-likeness (QED) is 0.577. The number of halogens is 1. The molecular formula is C24H25FN2O3. The number of carbonyl (C=O) groups excluding carboxylic acids is 1. The Balaban J connectivity index is 1.77. The van der Waals surface area contributed by atoms with Crippen LogP contribution in [0.3, 0.4) is 0 Å². The van der Waals surface area contributed by atoms with Crippen LogP contribution in [-0.2, 0) is 4.79 Å². The van der Waals surface area contributed by atoms with E-state index in [2.05, 4.69) is 10.6 Å². The van der Waals surface area contributed by atoms with E-state index >= 15 is 0 Å². The first kappa shape index (κ1) is 21.2. The fraction of sp³-hybridized carbons (Fsp3) is 0.208. The number of amides is 1. The Labute approximate surface area is 175 Å². The van der Waals surface area contributed by atoms with Gasteiger partial charge in [-0.15, -0.1) is 0 Å². The average molecular weight is 408 g/mol. The van der Waals surface area contributed by atoms with Crippen LogP contribution in [-0.4, -0.2) is 26.7 Å². The molecule has 0 aliphatic heterocycles. The summed E-state index contributed by atoms with van der Waals surface area (Å²) < 4.78 is 24.5. The summed E-state index contributed by atoms with van der Waals surface area (Å²) in [6, 6.07) is 19.5. The minimum absolute atomic E-state index is 0.0528. The standard InChI is InChI=1S/C24H25FN2O3/c1-16-4-13-22(21(25)14-16)26-15-23(28)27-24(17-5-9-19(29-2)10-6-17)18-7-11-20(30-3)12-8-18/h4-14,24,26H,15H2,1-3H3,(H,27,28). The van der Waals surface area contributed by atoms with Crippen LogP contribution in [0.2, 0.25) is 0 Å². The van der Waals surface area contributed by atoms with Crippen molar-refractivity contribution in [3.05, 3.63) is 89.2 Å². The van der Waals surface area contributed by atoms with Crippen molar-refractivity contribution < 1.29 is 18.7 Å². The molecule has 0 aliphatic rings. The summed E-state index contributed by atoms with van der Waals surface area (Å²) >= 11 is 0. The molecule has 0 saturated heterocycles. The maximum Gasteiger partial charge on any atom is 0.240 e. The highest BCUT2D eigenvalue weighted by atomic mass is 19.1. The van der Waals surface area contributed by atoms with E-state index in [1.54, 1.807) is 26.4 Å². The lowest BCUT2D eigenvalue weighted by Gasteiger charge is -2.21. The van der Waals surface area contributed by atoms with E-state index in [1.165, 1.54) is 6.07 Å². The van der Waals surface area contributed by atoms with Gasteiger partial charge in [0.15, 0.2) is 0 Å². The molecule has 0 aromatic heterocycles.